The summed E-state index contributed by atoms with van der Waals surface area (Å²) in [6, 6.07) is 9.53. The molecule has 0 spiro atoms. The van der Waals surface area contributed by atoms with E-state index in [4.69, 9.17) is 21.5 Å². The lowest BCUT2D eigenvalue weighted by Gasteiger charge is -2.31. The summed E-state index contributed by atoms with van der Waals surface area (Å²) in [5, 5.41) is 24.6. The Bertz CT molecular complexity index is 977. The van der Waals surface area contributed by atoms with Gasteiger partial charge in [0.2, 0.25) is 0 Å². The molecular formula is C23H29F3N6O. The van der Waals surface area contributed by atoms with Crippen LogP contribution in [-0.4, -0.2) is 40.7 Å². The molecular weight excluding hydrogens is 433 g/mol. The second-order valence-corrected chi connectivity index (χ2v) is 7.91. The lowest BCUT2D eigenvalue weighted by atomic mass is 9.80. The normalized spacial score (nSPS) is 15.9. The van der Waals surface area contributed by atoms with Gasteiger partial charge < -0.3 is 16.2 Å². The van der Waals surface area contributed by atoms with Crippen molar-refractivity contribution in [1.29, 1.82) is 10.8 Å². The van der Waals surface area contributed by atoms with Crippen LogP contribution in [0.2, 0.25) is 0 Å². The summed E-state index contributed by atoms with van der Waals surface area (Å²) in [5.74, 6) is -2.91. The van der Waals surface area contributed by atoms with Gasteiger partial charge in [0.15, 0.2) is 0 Å². The number of alkyl halides is 3. The van der Waals surface area contributed by atoms with Gasteiger partial charge >= 0.3 is 6.18 Å². The fourth-order valence-corrected chi connectivity index (χ4v) is 3.51. The van der Waals surface area contributed by atoms with Crippen molar-refractivity contribution in [3.05, 3.63) is 53.7 Å². The topological polar surface area (TPSA) is 122 Å². The van der Waals surface area contributed by atoms with E-state index in [1.807, 2.05) is 0 Å². The zero-order valence-corrected chi connectivity index (χ0v) is 18.7. The maximum atomic E-state index is 13.4. The Labute approximate surface area is 191 Å². The maximum absolute atomic E-state index is 13.4. The van der Waals surface area contributed by atoms with Crippen molar-refractivity contribution in [3.8, 4) is 0 Å². The third-order valence-corrected chi connectivity index (χ3v) is 5.87. The van der Waals surface area contributed by atoms with Crippen LogP contribution in [0, 0.1) is 28.6 Å². The van der Waals surface area contributed by atoms with E-state index in [0.29, 0.717) is 23.0 Å². The van der Waals surface area contributed by atoms with Gasteiger partial charge in [0.05, 0.1) is 30.5 Å². The minimum Gasteiger partial charge on any atom is -0.392 e. The van der Waals surface area contributed by atoms with Gasteiger partial charge in [-0.3, -0.25) is 15.3 Å². The molecule has 0 aliphatic heterocycles. The first-order chi connectivity index (χ1) is 15.5. The van der Waals surface area contributed by atoms with Crippen LogP contribution < -0.4 is 10.6 Å². The molecule has 0 aliphatic carbocycles. The van der Waals surface area contributed by atoms with Crippen molar-refractivity contribution in [3.63, 3.8) is 0 Å². The van der Waals surface area contributed by atoms with Crippen LogP contribution in [-0.2, 0) is 6.61 Å². The highest BCUT2D eigenvalue weighted by molar-refractivity contribution is 6.20. The molecule has 0 saturated carbocycles. The van der Waals surface area contributed by atoms with E-state index in [1.54, 1.807) is 50.2 Å². The summed E-state index contributed by atoms with van der Waals surface area (Å²) < 4.78 is 40.1. The molecule has 1 heterocycles. The van der Waals surface area contributed by atoms with Crippen molar-refractivity contribution >= 4 is 29.9 Å². The van der Waals surface area contributed by atoms with E-state index in [0.717, 1.165) is 6.34 Å². The predicted molar refractivity (Wildman–Crippen MR) is 125 cm³/mol. The summed E-state index contributed by atoms with van der Waals surface area (Å²) in [5.41, 5.74) is 7.74. The first-order valence-corrected chi connectivity index (χ1v) is 10.4. The molecule has 33 heavy (non-hydrogen) atoms. The van der Waals surface area contributed by atoms with Gasteiger partial charge in [-0.25, -0.2) is 4.98 Å². The number of nitrogen functional groups attached to an aromatic ring is 1. The molecule has 0 radical (unpaired) electrons. The largest absolute Gasteiger partial charge is 0.396 e. The summed E-state index contributed by atoms with van der Waals surface area (Å²) >= 11 is 0. The number of nitrogens with zero attached hydrogens (tertiary/aromatic N) is 3. The van der Waals surface area contributed by atoms with Crippen molar-refractivity contribution < 1.29 is 18.3 Å². The van der Waals surface area contributed by atoms with Gasteiger partial charge in [0.1, 0.15) is 11.7 Å². The van der Waals surface area contributed by atoms with Crippen LogP contribution in [0.1, 0.15) is 31.9 Å². The Morgan fingerprint density at radius 2 is 1.79 bits per heavy atom. The number of hydrogen-bond donors (Lipinski definition) is 4. The molecule has 7 nitrogen and oxygen atoms in total. The summed E-state index contributed by atoms with van der Waals surface area (Å²) in [4.78, 5) is 10.2. The van der Waals surface area contributed by atoms with Crippen molar-refractivity contribution in [2.24, 2.45) is 22.7 Å². The molecule has 0 bridgehead atoms. The minimum absolute atomic E-state index is 0.138. The molecule has 1 aromatic carbocycles. The van der Waals surface area contributed by atoms with Crippen LogP contribution in [0.4, 0.5) is 24.7 Å². The Kier molecular flexibility index (Phi) is 8.69. The summed E-state index contributed by atoms with van der Waals surface area (Å²) in [7, 11) is 0. The van der Waals surface area contributed by atoms with Gasteiger partial charge in [-0.05, 0) is 48.6 Å². The van der Waals surface area contributed by atoms with Crippen LogP contribution in [0.25, 0.3) is 0 Å². The summed E-state index contributed by atoms with van der Waals surface area (Å²) in [6.07, 6.45) is -1.54. The number of aromatic nitrogens is 1. The third kappa shape index (κ3) is 6.16. The molecule has 2 aromatic rings. The molecule has 178 valence electrons. The van der Waals surface area contributed by atoms with Crippen LogP contribution in [0.15, 0.2) is 47.6 Å². The maximum Gasteiger partial charge on any atom is 0.396 e. The average molecular weight is 463 g/mol. The second-order valence-electron chi connectivity index (χ2n) is 7.91. The van der Waals surface area contributed by atoms with Crippen LogP contribution >= 0.6 is 0 Å². The molecule has 1 unspecified atom stereocenters. The molecule has 1 aromatic heterocycles. The minimum atomic E-state index is -4.52. The predicted octanol–water partition coefficient (Wildman–Crippen LogP) is 4.51. The van der Waals surface area contributed by atoms with Crippen LogP contribution in [0.5, 0.6) is 0 Å². The van der Waals surface area contributed by atoms with E-state index >= 15 is 0 Å². The number of aliphatic imine (C=N–C) groups is 1. The Balaban J connectivity index is 2.53. The van der Waals surface area contributed by atoms with E-state index in [2.05, 4.69) is 4.98 Å². The molecule has 0 fully saturated rings. The molecule has 0 amide bonds. The lowest BCUT2D eigenvalue weighted by molar-refractivity contribution is -0.169. The van der Waals surface area contributed by atoms with Gasteiger partial charge in [-0.1, -0.05) is 26.0 Å². The first-order valence-electron chi connectivity index (χ1n) is 10.4. The third-order valence-electron chi connectivity index (χ3n) is 5.87. The SMILES string of the molecule is C[C@@H]([C@@H](C)/N=C(/c1cccnc1N)N(C=N)c1ccc(CO)cc1)[C@@H](C)C(C=N)C(F)(F)F. The molecule has 2 rings (SSSR count). The number of halogens is 3. The van der Waals surface area contributed by atoms with E-state index in [-0.39, 0.29) is 18.3 Å². The quantitative estimate of drug-likeness (QED) is 0.324. The number of amidine groups is 1. The molecule has 10 heteroatoms. The van der Waals surface area contributed by atoms with Crippen molar-refractivity contribution in [2.75, 3.05) is 10.6 Å². The van der Waals surface area contributed by atoms with Gasteiger partial charge in [0, 0.05) is 18.1 Å². The fraction of sp³-hybridized carbons (Fsp3) is 0.391. The van der Waals surface area contributed by atoms with E-state index < -0.39 is 30.0 Å². The van der Waals surface area contributed by atoms with E-state index in [9.17, 15) is 18.3 Å². The molecule has 0 aliphatic rings. The van der Waals surface area contributed by atoms with E-state index in [1.165, 1.54) is 18.0 Å². The monoisotopic (exact) mass is 462 g/mol. The Morgan fingerprint density at radius 3 is 2.27 bits per heavy atom. The number of nitrogens with one attached hydrogen (secondary N) is 2. The molecule has 5 N–H and O–H groups in total. The number of aliphatic hydroxyl groups is 1. The lowest BCUT2D eigenvalue weighted by Crippen LogP contribution is -2.37. The second kappa shape index (κ2) is 11.0. The zero-order valence-electron chi connectivity index (χ0n) is 18.7. The fourth-order valence-electron chi connectivity index (χ4n) is 3.51. The van der Waals surface area contributed by atoms with Crippen molar-refractivity contribution in [2.45, 2.75) is 39.6 Å². The standard InChI is InChI=1S/C23H29F3N6O/c1-14(15(2)20(11-27)23(24,25)26)16(3)31-22(19-5-4-10-30-21(19)29)32(13-28)18-8-6-17(12-33)7-9-18/h4-11,13-16,20,27-28,33H,12H2,1-3H3,(H2,29,30)/b27-11?,28-13?,31-22-/t14-,15-,16-,20?/m1/s1. The number of rotatable bonds is 9. The van der Waals surface area contributed by atoms with Gasteiger partial charge in [0.25, 0.3) is 0 Å². The smallest absolute Gasteiger partial charge is 0.392 e. The number of pyridine rings is 1. The zero-order chi connectivity index (χ0) is 24.8. The number of nitrogens with two attached hydrogens (primary N) is 1. The number of anilines is 2. The first kappa shape index (κ1) is 26.0. The highest BCUT2D eigenvalue weighted by Crippen LogP contribution is 2.36. The number of aliphatic hydroxyl groups excluding tert-OH is 1. The Morgan fingerprint density at radius 1 is 1.15 bits per heavy atom. The van der Waals surface area contributed by atoms with Crippen LogP contribution in [0.3, 0.4) is 0 Å². The van der Waals surface area contributed by atoms with Crippen molar-refractivity contribution in [1.82, 2.24) is 4.98 Å². The number of hydrogen-bond acceptors (Lipinski definition) is 6. The van der Waals surface area contributed by atoms with Gasteiger partial charge in [-0.15, -0.1) is 0 Å². The molecule has 0 saturated heterocycles. The van der Waals surface area contributed by atoms with Gasteiger partial charge in [-0.2, -0.15) is 13.2 Å². The highest BCUT2D eigenvalue weighted by atomic mass is 19.4. The molecule has 4 atom stereocenters. The summed E-state index contributed by atoms with van der Waals surface area (Å²) in [6.45, 7) is 4.68. The number of benzene rings is 1. The highest BCUT2D eigenvalue weighted by Gasteiger charge is 2.44. The average Bonchev–Trinajstić information content (AvgIpc) is 2.78. The Hall–Kier alpha value is -3.27.